The number of carboxylic acid groups (broad SMARTS) is 1. The molecule has 0 bridgehead atoms. The fraction of sp³-hybridized carbons (Fsp3) is 0.200. The quantitative estimate of drug-likeness (QED) is 0.894. The van der Waals surface area contributed by atoms with E-state index in [-0.39, 0.29) is 12.8 Å². The third kappa shape index (κ3) is 3.98. The van der Waals surface area contributed by atoms with Crippen molar-refractivity contribution in [1.29, 1.82) is 0 Å². The predicted octanol–water partition coefficient (Wildman–Crippen LogP) is 2.39. The van der Waals surface area contributed by atoms with Crippen LogP contribution in [0.1, 0.15) is 12.8 Å². The Morgan fingerprint density at radius 2 is 2.06 bits per heavy atom. The Morgan fingerprint density at radius 1 is 1.38 bits per heavy atom. The molecule has 1 rings (SSSR count). The summed E-state index contributed by atoms with van der Waals surface area (Å²) >= 11 is 2.98. The molecule has 0 fully saturated rings. The molecule has 0 saturated heterocycles. The van der Waals surface area contributed by atoms with Gasteiger partial charge in [-0.05, 0) is 34.1 Å². The van der Waals surface area contributed by atoms with Crippen molar-refractivity contribution in [3.63, 3.8) is 0 Å². The van der Waals surface area contributed by atoms with Crippen molar-refractivity contribution in [3.8, 4) is 0 Å². The molecule has 0 unspecified atom stereocenters. The summed E-state index contributed by atoms with van der Waals surface area (Å²) < 4.78 is 13.4. The third-order valence-electron chi connectivity index (χ3n) is 1.77. The van der Waals surface area contributed by atoms with Gasteiger partial charge in [-0.15, -0.1) is 0 Å². The van der Waals surface area contributed by atoms with Crippen LogP contribution < -0.4 is 5.32 Å². The summed E-state index contributed by atoms with van der Waals surface area (Å²) in [7, 11) is 0. The second-order valence-corrected chi connectivity index (χ2v) is 3.93. The lowest BCUT2D eigenvalue weighted by Crippen LogP contribution is -2.13. The molecule has 1 amide bonds. The molecule has 0 heterocycles. The smallest absolute Gasteiger partial charge is 0.303 e. The van der Waals surface area contributed by atoms with Crippen molar-refractivity contribution in [3.05, 3.63) is 28.5 Å². The second kappa shape index (κ2) is 5.60. The van der Waals surface area contributed by atoms with E-state index in [1.54, 1.807) is 0 Å². The van der Waals surface area contributed by atoms with Crippen molar-refractivity contribution in [2.45, 2.75) is 12.8 Å². The molecule has 0 radical (unpaired) electrons. The average Bonchev–Trinajstić information content (AvgIpc) is 2.21. The van der Waals surface area contributed by atoms with Gasteiger partial charge in [-0.1, -0.05) is 0 Å². The Bertz CT molecular complexity index is 423. The zero-order valence-corrected chi connectivity index (χ0v) is 9.75. The minimum absolute atomic E-state index is 0.132. The molecule has 0 aromatic heterocycles. The molecule has 2 N–H and O–H groups in total. The summed E-state index contributed by atoms with van der Waals surface area (Å²) in [5.74, 6) is -1.99. The molecule has 0 aliphatic carbocycles. The van der Waals surface area contributed by atoms with E-state index in [2.05, 4.69) is 21.2 Å². The number of carbonyl (C=O) groups excluding carboxylic acids is 1. The number of rotatable bonds is 4. The molecular weight excluding hydrogens is 281 g/mol. The maximum Gasteiger partial charge on any atom is 0.303 e. The topological polar surface area (TPSA) is 66.4 Å². The number of carboxylic acids is 1. The lowest BCUT2D eigenvalue weighted by molar-refractivity contribution is -0.138. The molecule has 0 saturated carbocycles. The molecule has 86 valence electrons. The Morgan fingerprint density at radius 3 is 2.62 bits per heavy atom. The zero-order valence-electron chi connectivity index (χ0n) is 8.17. The number of carbonyl (C=O) groups is 2. The van der Waals surface area contributed by atoms with Gasteiger partial charge in [0.1, 0.15) is 5.82 Å². The van der Waals surface area contributed by atoms with E-state index in [1.807, 2.05) is 0 Å². The summed E-state index contributed by atoms with van der Waals surface area (Å²) in [5, 5.41) is 10.8. The Hall–Kier alpha value is -1.43. The molecule has 0 aliphatic heterocycles. The summed E-state index contributed by atoms with van der Waals surface area (Å²) in [5.41, 5.74) is 0.302. The van der Waals surface area contributed by atoms with Gasteiger partial charge < -0.3 is 10.4 Å². The van der Waals surface area contributed by atoms with Gasteiger partial charge in [-0.25, -0.2) is 4.39 Å². The van der Waals surface area contributed by atoms with Gasteiger partial charge in [0.2, 0.25) is 5.91 Å². The van der Waals surface area contributed by atoms with Crippen LogP contribution in [0.5, 0.6) is 0 Å². The van der Waals surface area contributed by atoms with Crippen molar-refractivity contribution < 1.29 is 19.1 Å². The average molecular weight is 290 g/mol. The van der Waals surface area contributed by atoms with Crippen molar-refractivity contribution in [1.82, 2.24) is 0 Å². The van der Waals surface area contributed by atoms with Gasteiger partial charge in [0.25, 0.3) is 0 Å². The first kappa shape index (κ1) is 12.6. The number of aliphatic carboxylic acids is 1. The van der Waals surface area contributed by atoms with E-state index in [9.17, 15) is 14.0 Å². The van der Waals surface area contributed by atoms with Crippen LogP contribution >= 0.6 is 15.9 Å². The first-order chi connectivity index (χ1) is 7.49. The lowest BCUT2D eigenvalue weighted by Gasteiger charge is -2.04. The first-order valence-corrected chi connectivity index (χ1v) is 5.25. The number of amides is 1. The van der Waals surface area contributed by atoms with E-state index in [0.29, 0.717) is 10.2 Å². The fourth-order valence-electron chi connectivity index (χ4n) is 1.02. The van der Waals surface area contributed by atoms with Crippen LogP contribution in [0.3, 0.4) is 0 Å². The van der Waals surface area contributed by atoms with E-state index >= 15 is 0 Å². The highest BCUT2D eigenvalue weighted by Gasteiger charge is 2.07. The van der Waals surface area contributed by atoms with Crippen LogP contribution in [-0.2, 0) is 9.59 Å². The normalized spacial score (nSPS) is 9.88. The van der Waals surface area contributed by atoms with E-state index < -0.39 is 17.7 Å². The highest BCUT2D eigenvalue weighted by atomic mass is 79.9. The Labute approximate surface area is 99.6 Å². The monoisotopic (exact) mass is 289 g/mol. The van der Waals surface area contributed by atoms with Gasteiger partial charge in [-0.2, -0.15) is 0 Å². The molecule has 1 aromatic carbocycles. The summed E-state index contributed by atoms with van der Waals surface area (Å²) in [4.78, 5) is 21.4. The second-order valence-electron chi connectivity index (χ2n) is 3.07. The Balaban J connectivity index is 2.56. The molecule has 1 aromatic rings. The summed E-state index contributed by atoms with van der Waals surface area (Å²) in [6.07, 6.45) is -0.377. The van der Waals surface area contributed by atoms with Gasteiger partial charge in [-0.3, -0.25) is 9.59 Å². The molecule has 0 spiro atoms. The summed E-state index contributed by atoms with van der Waals surface area (Å²) in [6, 6.07) is 4.14. The van der Waals surface area contributed by atoms with Crippen LogP contribution in [0.2, 0.25) is 0 Å². The molecule has 0 aliphatic rings. The number of nitrogens with one attached hydrogen (secondary N) is 1. The van der Waals surface area contributed by atoms with Crippen molar-refractivity contribution in [2.24, 2.45) is 0 Å². The van der Waals surface area contributed by atoms with Crippen LogP contribution in [-0.4, -0.2) is 17.0 Å². The molecular formula is C10H9BrFNO3. The van der Waals surface area contributed by atoms with Gasteiger partial charge in [0.15, 0.2) is 0 Å². The van der Waals surface area contributed by atoms with Gasteiger partial charge in [0, 0.05) is 12.1 Å². The zero-order chi connectivity index (χ0) is 12.1. The number of hydrogen-bond donors (Lipinski definition) is 2. The summed E-state index contributed by atoms with van der Waals surface area (Å²) in [6.45, 7) is 0. The van der Waals surface area contributed by atoms with Crippen molar-refractivity contribution >= 4 is 33.5 Å². The molecule has 0 atom stereocenters. The first-order valence-electron chi connectivity index (χ1n) is 4.45. The largest absolute Gasteiger partial charge is 0.481 e. The van der Waals surface area contributed by atoms with Crippen LogP contribution in [0.4, 0.5) is 10.1 Å². The highest BCUT2D eigenvalue weighted by Crippen LogP contribution is 2.19. The molecule has 4 nitrogen and oxygen atoms in total. The number of anilines is 1. The van der Waals surface area contributed by atoms with Gasteiger partial charge >= 0.3 is 5.97 Å². The van der Waals surface area contributed by atoms with E-state index in [4.69, 9.17) is 5.11 Å². The minimum atomic E-state index is -1.04. The SMILES string of the molecule is O=C(O)CCC(=O)Nc1ccc(Br)c(F)c1. The van der Waals surface area contributed by atoms with E-state index in [0.717, 1.165) is 6.07 Å². The maximum atomic E-state index is 13.1. The number of hydrogen-bond acceptors (Lipinski definition) is 2. The molecule has 16 heavy (non-hydrogen) atoms. The van der Waals surface area contributed by atoms with Crippen LogP contribution in [0.15, 0.2) is 22.7 Å². The number of halogens is 2. The standard InChI is InChI=1S/C10H9BrFNO3/c11-7-2-1-6(5-8(7)12)13-9(14)3-4-10(15)16/h1-2,5H,3-4H2,(H,13,14)(H,15,16). The minimum Gasteiger partial charge on any atom is -0.481 e. The van der Waals surface area contributed by atoms with Crippen molar-refractivity contribution in [2.75, 3.05) is 5.32 Å². The van der Waals surface area contributed by atoms with Crippen LogP contribution in [0, 0.1) is 5.82 Å². The van der Waals surface area contributed by atoms with Gasteiger partial charge in [0.05, 0.1) is 10.9 Å². The fourth-order valence-corrected chi connectivity index (χ4v) is 1.26. The number of benzene rings is 1. The lowest BCUT2D eigenvalue weighted by atomic mass is 10.2. The highest BCUT2D eigenvalue weighted by molar-refractivity contribution is 9.10. The molecule has 6 heteroatoms. The Kier molecular flexibility index (Phi) is 4.42. The van der Waals surface area contributed by atoms with Crippen LogP contribution in [0.25, 0.3) is 0 Å². The predicted molar refractivity (Wildman–Crippen MR) is 59.6 cm³/mol. The third-order valence-corrected chi connectivity index (χ3v) is 2.41. The maximum absolute atomic E-state index is 13.1. The van der Waals surface area contributed by atoms with E-state index in [1.165, 1.54) is 12.1 Å².